The lowest BCUT2D eigenvalue weighted by molar-refractivity contribution is -0.194. The van der Waals surface area contributed by atoms with Crippen molar-refractivity contribution < 1.29 is 32.6 Å². The first kappa shape index (κ1) is 22.3. The Balaban J connectivity index is 1.62. The first-order chi connectivity index (χ1) is 13.9. The minimum absolute atomic E-state index is 0.140. The Morgan fingerprint density at radius 2 is 2.10 bits per heavy atom. The summed E-state index contributed by atoms with van der Waals surface area (Å²) in [5, 5.41) is 0. The van der Waals surface area contributed by atoms with Gasteiger partial charge in [-0.2, -0.15) is 8.78 Å². The molecule has 2 saturated heterocycles. The number of allylic oxidation sites excluding steroid dienone is 1. The van der Waals surface area contributed by atoms with E-state index in [0.717, 1.165) is 38.2 Å². The number of esters is 1. The predicted molar refractivity (Wildman–Crippen MR) is 102 cm³/mol. The third-order valence-electron chi connectivity index (χ3n) is 6.19. The lowest BCUT2D eigenvalue weighted by Gasteiger charge is -2.28. The molecular weight excluding hydrogens is 382 g/mol. The van der Waals surface area contributed by atoms with Gasteiger partial charge >= 0.3 is 11.9 Å². The van der Waals surface area contributed by atoms with Crippen LogP contribution in [-0.2, 0) is 23.8 Å². The van der Waals surface area contributed by atoms with Crippen LogP contribution in [0.4, 0.5) is 8.78 Å². The van der Waals surface area contributed by atoms with Gasteiger partial charge in [0.05, 0.1) is 12.5 Å². The molecule has 5 nitrogen and oxygen atoms in total. The third kappa shape index (κ3) is 5.85. The Labute approximate surface area is 171 Å². The standard InChI is InChI=1S/C22H32F2O5/c1-2-3-4-6-11-22(23,24)19(25)10-9-15-16-13-20(26)28-18(16)14-17(15)29-21-8-5-7-12-27-21/h9-10,15-18,21H,2-8,11-14H2,1H3/b10-9+/t15-,16?,17?,18?,21?/m1/s1. The number of hydrogen-bond donors (Lipinski definition) is 0. The summed E-state index contributed by atoms with van der Waals surface area (Å²) < 4.78 is 45.5. The van der Waals surface area contributed by atoms with Crippen molar-refractivity contribution in [3.05, 3.63) is 12.2 Å². The van der Waals surface area contributed by atoms with Crippen LogP contribution < -0.4 is 0 Å². The largest absolute Gasteiger partial charge is 0.462 e. The summed E-state index contributed by atoms with van der Waals surface area (Å²) in [6.45, 7) is 2.65. The molecule has 0 radical (unpaired) electrons. The van der Waals surface area contributed by atoms with Gasteiger partial charge in [0, 0.05) is 31.3 Å². The van der Waals surface area contributed by atoms with Crippen molar-refractivity contribution in [3.8, 4) is 0 Å². The van der Waals surface area contributed by atoms with Crippen molar-refractivity contribution in [3.63, 3.8) is 0 Å². The zero-order chi connectivity index (χ0) is 20.9. The van der Waals surface area contributed by atoms with Crippen molar-refractivity contribution in [2.24, 2.45) is 11.8 Å². The Bertz CT molecular complexity index is 600. The molecule has 7 heteroatoms. The zero-order valence-electron chi connectivity index (χ0n) is 17.1. The minimum atomic E-state index is -3.35. The Kier molecular flexibility index (Phi) is 7.79. The number of rotatable bonds is 10. The molecule has 0 aromatic carbocycles. The Morgan fingerprint density at radius 1 is 1.28 bits per heavy atom. The number of carbonyl (C=O) groups excluding carboxylic acids is 2. The first-order valence-corrected chi connectivity index (χ1v) is 11.0. The van der Waals surface area contributed by atoms with Crippen molar-refractivity contribution in [2.45, 2.75) is 95.6 Å². The number of alkyl halides is 2. The molecule has 2 aliphatic heterocycles. The molecule has 5 atom stereocenters. The van der Waals surface area contributed by atoms with Crippen molar-refractivity contribution in [1.29, 1.82) is 0 Å². The van der Waals surface area contributed by atoms with Gasteiger partial charge in [-0.05, 0) is 31.8 Å². The van der Waals surface area contributed by atoms with Gasteiger partial charge in [-0.25, -0.2) is 0 Å². The fourth-order valence-electron chi connectivity index (χ4n) is 4.54. The molecule has 1 aliphatic carbocycles. The SMILES string of the molecule is CCCCCCC(F)(F)C(=O)/C=C/[C@H]1C(OC2CCCCO2)CC2OC(=O)CC21. The van der Waals surface area contributed by atoms with E-state index < -0.39 is 18.1 Å². The van der Waals surface area contributed by atoms with Gasteiger partial charge in [-0.1, -0.05) is 32.3 Å². The lowest BCUT2D eigenvalue weighted by atomic mass is 9.91. The molecule has 3 fully saturated rings. The van der Waals surface area contributed by atoms with Gasteiger partial charge in [0.1, 0.15) is 6.10 Å². The molecule has 0 N–H and O–H groups in total. The normalized spacial score (nSPS) is 32.5. The molecule has 1 saturated carbocycles. The van der Waals surface area contributed by atoms with Crippen LogP contribution in [0.3, 0.4) is 0 Å². The van der Waals surface area contributed by atoms with Gasteiger partial charge in [0.15, 0.2) is 6.29 Å². The molecule has 4 unspecified atom stereocenters. The lowest BCUT2D eigenvalue weighted by Crippen LogP contribution is -2.31. The highest BCUT2D eigenvalue weighted by molar-refractivity contribution is 5.95. The number of ketones is 1. The fraction of sp³-hybridized carbons (Fsp3) is 0.818. The number of hydrogen-bond acceptors (Lipinski definition) is 5. The van der Waals surface area contributed by atoms with Gasteiger partial charge in [-0.3, -0.25) is 9.59 Å². The van der Waals surface area contributed by atoms with Crippen LogP contribution in [0.1, 0.15) is 71.1 Å². The van der Waals surface area contributed by atoms with Crippen LogP contribution >= 0.6 is 0 Å². The number of carbonyl (C=O) groups is 2. The molecule has 2 heterocycles. The third-order valence-corrected chi connectivity index (χ3v) is 6.19. The second kappa shape index (κ2) is 10.1. The van der Waals surface area contributed by atoms with E-state index in [-0.39, 0.29) is 42.7 Å². The van der Waals surface area contributed by atoms with E-state index in [4.69, 9.17) is 14.2 Å². The molecule has 3 aliphatic rings. The van der Waals surface area contributed by atoms with Crippen LogP contribution in [0.5, 0.6) is 0 Å². The highest BCUT2D eigenvalue weighted by Gasteiger charge is 2.50. The van der Waals surface area contributed by atoms with Crippen LogP contribution in [0.2, 0.25) is 0 Å². The zero-order valence-corrected chi connectivity index (χ0v) is 17.1. The smallest absolute Gasteiger partial charge is 0.309 e. The summed E-state index contributed by atoms with van der Waals surface area (Å²) in [6.07, 6.45) is 7.60. The molecule has 0 bridgehead atoms. The van der Waals surface area contributed by atoms with E-state index in [1.165, 1.54) is 6.08 Å². The summed E-state index contributed by atoms with van der Waals surface area (Å²) in [7, 11) is 0. The molecule has 0 aromatic rings. The second-order valence-electron chi connectivity index (χ2n) is 8.42. The average molecular weight is 414 g/mol. The van der Waals surface area contributed by atoms with Crippen molar-refractivity contribution in [1.82, 2.24) is 0 Å². The summed E-state index contributed by atoms with van der Waals surface area (Å²) in [6, 6.07) is 0. The molecule has 0 aromatic heterocycles. The molecule has 164 valence electrons. The number of fused-ring (bicyclic) bond motifs is 1. The highest BCUT2D eigenvalue weighted by Crippen LogP contribution is 2.44. The first-order valence-electron chi connectivity index (χ1n) is 11.0. The van der Waals surface area contributed by atoms with E-state index >= 15 is 0 Å². The predicted octanol–water partition coefficient (Wildman–Crippen LogP) is 4.58. The maximum Gasteiger partial charge on any atom is 0.309 e. The van der Waals surface area contributed by atoms with Gasteiger partial charge in [0.25, 0.3) is 0 Å². The van der Waals surface area contributed by atoms with Crippen molar-refractivity contribution >= 4 is 11.8 Å². The summed E-state index contributed by atoms with van der Waals surface area (Å²) in [5.41, 5.74) is 0. The fourth-order valence-corrected chi connectivity index (χ4v) is 4.54. The minimum Gasteiger partial charge on any atom is -0.462 e. The van der Waals surface area contributed by atoms with Crippen LogP contribution in [-0.4, -0.2) is 42.8 Å². The Morgan fingerprint density at radius 3 is 2.83 bits per heavy atom. The number of unbranched alkanes of at least 4 members (excludes halogenated alkanes) is 3. The second-order valence-corrected chi connectivity index (χ2v) is 8.42. The van der Waals surface area contributed by atoms with E-state index in [1.54, 1.807) is 0 Å². The van der Waals surface area contributed by atoms with Gasteiger partial charge in [-0.15, -0.1) is 0 Å². The molecule has 0 amide bonds. The van der Waals surface area contributed by atoms with Crippen LogP contribution in [0, 0.1) is 11.8 Å². The van der Waals surface area contributed by atoms with E-state index in [2.05, 4.69) is 0 Å². The summed E-state index contributed by atoms with van der Waals surface area (Å²) in [4.78, 5) is 23.8. The maximum atomic E-state index is 14.2. The highest BCUT2D eigenvalue weighted by atomic mass is 19.3. The molecule has 29 heavy (non-hydrogen) atoms. The van der Waals surface area contributed by atoms with E-state index in [1.807, 2.05) is 6.92 Å². The Hall–Kier alpha value is -1.34. The summed E-state index contributed by atoms with van der Waals surface area (Å²) >= 11 is 0. The number of halogens is 2. The van der Waals surface area contributed by atoms with Gasteiger partial charge < -0.3 is 14.2 Å². The van der Waals surface area contributed by atoms with Crippen LogP contribution in [0.25, 0.3) is 0 Å². The topological polar surface area (TPSA) is 61.8 Å². The maximum absolute atomic E-state index is 14.2. The van der Waals surface area contributed by atoms with Gasteiger partial charge in [0.2, 0.25) is 5.78 Å². The number of ether oxygens (including phenoxy) is 3. The monoisotopic (exact) mass is 414 g/mol. The van der Waals surface area contributed by atoms with Crippen molar-refractivity contribution in [2.75, 3.05) is 6.61 Å². The van der Waals surface area contributed by atoms with E-state index in [9.17, 15) is 18.4 Å². The molecule has 3 rings (SSSR count). The van der Waals surface area contributed by atoms with Crippen LogP contribution in [0.15, 0.2) is 12.2 Å². The van der Waals surface area contributed by atoms with E-state index in [0.29, 0.717) is 25.9 Å². The summed E-state index contributed by atoms with van der Waals surface area (Å²) in [5.74, 6) is -5.25. The molecular formula is C22H32F2O5. The average Bonchev–Trinajstić information content (AvgIpc) is 3.19. The quantitative estimate of drug-likeness (QED) is 0.297. The molecule has 0 spiro atoms.